The van der Waals surface area contributed by atoms with Gasteiger partial charge >= 0.3 is 0 Å². The van der Waals surface area contributed by atoms with E-state index in [0.29, 0.717) is 31.7 Å². The number of halogens is 1. The molecule has 0 unspecified atom stereocenters. The first-order chi connectivity index (χ1) is 17.9. The molecule has 38 heavy (non-hydrogen) atoms. The molecule has 208 valence electrons. The number of carbonyl (C=O) groups is 3. The molecule has 1 fully saturated rings. The van der Waals surface area contributed by atoms with Crippen LogP contribution in [0.3, 0.4) is 0 Å². The number of carbonyl (C=O) groups excluding carboxylic acids is 3. The molecule has 10 heteroatoms. The third kappa shape index (κ3) is 7.40. The van der Waals surface area contributed by atoms with Gasteiger partial charge < -0.3 is 25.0 Å². The molecule has 9 nitrogen and oxygen atoms in total. The largest absolute Gasteiger partial charge is 0.342 e. The van der Waals surface area contributed by atoms with E-state index in [4.69, 9.17) is 0 Å². The van der Waals surface area contributed by atoms with Crippen molar-refractivity contribution in [1.82, 2.24) is 30.0 Å². The summed E-state index contributed by atoms with van der Waals surface area (Å²) in [5.74, 6) is -0.890. The van der Waals surface area contributed by atoms with Crippen molar-refractivity contribution in [1.29, 1.82) is 0 Å². The van der Waals surface area contributed by atoms with Crippen LogP contribution in [0.4, 0.5) is 4.39 Å². The smallest absolute Gasteiger partial charge is 0.274 e. The van der Waals surface area contributed by atoms with Gasteiger partial charge in [0.1, 0.15) is 17.6 Å². The number of hydrogen-bond acceptors (Lipinski definition) is 5. The van der Waals surface area contributed by atoms with Crippen molar-refractivity contribution in [3.8, 4) is 0 Å². The van der Waals surface area contributed by atoms with Gasteiger partial charge in [0.2, 0.25) is 11.8 Å². The zero-order valence-corrected chi connectivity index (χ0v) is 23.3. The van der Waals surface area contributed by atoms with E-state index in [-0.39, 0.29) is 29.6 Å². The predicted molar refractivity (Wildman–Crippen MR) is 144 cm³/mol. The van der Waals surface area contributed by atoms with Crippen molar-refractivity contribution in [3.05, 3.63) is 53.9 Å². The summed E-state index contributed by atoms with van der Waals surface area (Å²) < 4.78 is 15.1. The van der Waals surface area contributed by atoms with E-state index >= 15 is 0 Å². The minimum atomic E-state index is -0.703. The molecule has 0 saturated carbocycles. The lowest BCUT2D eigenvalue weighted by atomic mass is 9.85. The number of aryl methyl sites for hydroxylation is 1. The van der Waals surface area contributed by atoms with Gasteiger partial charge in [-0.1, -0.05) is 32.9 Å². The molecular weight excluding hydrogens is 487 g/mol. The number of hydrogen-bond donors (Lipinski definition) is 2. The Morgan fingerprint density at radius 2 is 1.89 bits per heavy atom. The number of nitrogens with one attached hydrogen (secondary N) is 2. The Balaban J connectivity index is 1.80. The number of aromatic nitrogens is 2. The van der Waals surface area contributed by atoms with Crippen LogP contribution in [0.1, 0.15) is 56.6 Å². The maximum atomic E-state index is 13.8. The first-order valence-corrected chi connectivity index (χ1v) is 13.2. The normalized spacial score (nSPS) is 17.2. The SMILES string of the molecule is CN[C@@H](C)C(=O)N[C@H](C(=O)N1CCC[C@H]1CN(CCc1ccc(F)cc1)C(=O)c1cn(C)cn1)C(C)(C)C. The van der Waals surface area contributed by atoms with Crippen LogP contribution in [0.5, 0.6) is 0 Å². The molecular formula is C28H41FN6O3. The zero-order chi connectivity index (χ0) is 28.0. The number of likely N-dealkylation sites (N-methyl/N-ethyl adjacent to an activating group) is 1. The molecule has 1 aromatic heterocycles. The van der Waals surface area contributed by atoms with E-state index < -0.39 is 17.5 Å². The lowest BCUT2D eigenvalue weighted by Gasteiger charge is -2.37. The quantitative estimate of drug-likeness (QED) is 0.493. The number of nitrogens with zero attached hydrogens (tertiary/aromatic N) is 4. The molecule has 1 saturated heterocycles. The lowest BCUT2D eigenvalue weighted by molar-refractivity contribution is -0.140. The minimum Gasteiger partial charge on any atom is -0.342 e. The van der Waals surface area contributed by atoms with Gasteiger partial charge in [-0.15, -0.1) is 0 Å². The van der Waals surface area contributed by atoms with Crippen LogP contribution in [-0.2, 0) is 23.1 Å². The molecule has 3 rings (SSSR count). The summed E-state index contributed by atoms with van der Waals surface area (Å²) in [5.41, 5.74) is 0.751. The van der Waals surface area contributed by atoms with E-state index in [1.807, 2.05) is 25.7 Å². The van der Waals surface area contributed by atoms with Crippen LogP contribution in [0.2, 0.25) is 0 Å². The number of imidazole rings is 1. The number of rotatable bonds is 10. The van der Waals surface area contributed by atoms with Gasteiger partial charge in [0.15, 0.2) is 0 Å². The molecule has 0 aliphatic carbocycles. The molecule has 1 aliphatic heterocycles. The van der Waals surface area contributed by atoms with Gasteiger partial charge in [0, 0.05) is 38.9 Å². The Kier molecular flexibility index (Phi) is 9.65. The highest BCUT2D eigenvalue weighted by Gasteiger charge is 2.40. The van der Waals surface area contributed by atoms with Gasteiger partial charge in [-0.05, 0) is 56.3 Å². The van der Waals surface area contributed by atoms with E-state index in [0.717, 1.165) is 18.4 Å². The van der Waals surface area contributed by atoms with E-state index in [2.05, 4.69) is 15.6 Å². The molecule has 2 N–H and O–H groups in total. The maximum absolute atomic E-state index is 13.8. The molecule has 0 spiro atoms. The Morgan fingerprint density at radius 1 is 1.21 bits per heavy atom. The summed E-state index contributed by atoms with van der Waals surface area (Å²) in [4.78, 5) is 47.7. The van der Waals surface area contributed by atoms with Gasteiger partial charge in [0.05, 0.1) is 12.4 Å². The second kappa shape index (κ2) is 12.5. The van der Waals surface area contributed by atoms with E-state index in [9.17, 15) is 18.8 Å². The van der Waals surface area contributed by atoms with Crippen LogP contribution < -0.4 is 10.6 Å². The van der Waals surface area contributed by atoms with Gasteiger partial charge in [-0.25, -0.2) is 9.37 Å². The van der Waals surface area contributed by atoms with Crippen molar-refractivity contribution < 1.29 is 18.8 Å². The second-order valence-corrected chi connectivity index (χ2v) is 11.2. The van der Waals surface area contributed by atoms with Crippen LogP contribution in [0, 0.1) is 11.2 Å². The summed E-state index contributed by atoms with van der Waals surface area (Å²) in [5, 5.41) is 5.86. The summed E-state index contributed by atoms with van der Waals surface area (Å²) >= 11 is 0. The summed E-state index contributed by atoms with van der Waals surface area (Å²) in [6, 6.07) is 4.93. The number of likely N-dealkylation sites (tertiary alicyclic amines) is 1. The highest BCUT2D eigenvalue weighted by molar-refractivity contribution is 5.92. The van der Waals surface area contributed by atoms with Crippen molar-refractivity contribution in [2.75, 3.05) is 26.7 Å². The fourth-order valence-corrected chi connectivity index (χ4v) is 4.66. The third-order valence-corrected chi connectivity index (χ3v) is 7.11. The lowest BCUT2D eigenvalue weighted by Crippen LogP contribution is -2.59. The van der Waals surface area contributed by atoms with Gasteiger partial charge in [-0.2, -0.15) is 0 Å². The molecule has 1 aromatic carbocycles. The standard InChI is InChI=1S/C28H41FN6O3/c1-19(30-5)25(36)32-24(28(2,3)4)27(38)35-14-7-8-22(35)16-34(26(37)23-17-33(6)18-31-23)15-13-20-9-11-21(29)12-10-20/h9-12,17-19,22,24,30H,7-8,13-16H2,1-6H3,(H,32,36)/t19-,22-,24+/m0/s1. The average molecular weight is 529 g/mol. The summed E-state index contributed by atoms with van der Waals surface area (Å²) in [6.45, 7) is 8.87. The molecule has 3 atom stereocenters. The third-order valence-electron chi connectivity index (χ3n) is 7.11. The molecule has 2 aromatic rings. The minimum absolute atomic E-state index is 0.138. The number of benzene rings is 1. The first kappa shape index (κ1) is 29.3. The fourth-order valence-electron chi connectivity index (χ4n) is 4.66. The highest BCUT2D eigenvalue weighted by atomic mass is 19.1. The number of amides is 3. The van der Waals surface area contributed by atoms with E-state index in [1.165, 1.54) is 12.1 Å². The topological polar surface area (TPSA) is 99.6 Å². The maximum Gasteiger partial charge on any atom is 0.274 e. The Hall–Kier alpha value is -3.27. The predicted octanol–water partition coefficient (Wildman–Crippen LogP) is 2.37. The fraction of sp³-hybridized carbons (Fsp3) is 0.571. The second-order valence-electron chi connectivity index (χ2n) is 11.2. The van der Waals surface area contributed by atoms with Gasteiger partial charge in [0.25, 0.3) is 5.91 Å². The Labute approximate surface area is 224 Å². The molecule has 2 heterocycles. The van der Waals surface area contributed by atoms with Crippen molar-refractivity contribution >= 4 is 17.7 Å². The molecule has 0 radical (unpaired) electrons. The summed E-state index contributed by atoms with van der Waals surface area (Å²) in [7, 11) is 3.51. The molecule has 1 aliphatic rings. The van der Waals surface area contributed by atoms with Crippen LogP contribution in [-0.4, -0.2) is 81.9 Å². The molecule has 0 bridgehead atoms. The van der Waals surface area contributed by atoms with Crippen LogP contribution in [0.15, 0.2) is 36.8 Å². The molecule has 3 amide bonds. The van der Waals surface area contributed by atoms with Crippen LogP contribution >= 0.6 is 0 Å². The first-order valence-electron chi connectivity index (χ1n) is 13.2. The van der Waals surface area contributed by atoms with E-state index in [1.54, 1.807) is 55.1 Å². The zero-order valence-electron chi connectivity index (χ0n) is 23.3. The highest BCUT2D eigenvalue weighted by Crippen LogP contribution is 2.26. The van der Waals surface area contributed by atoms with Crippen molar-refractivity contribution in [2.45, 2.75) is 65.1 Å². The average Bonchev–Trinajstić information content (AvgIpc) is 3.52. The monoisotopic (exact) mass is 528 g/mol. The van der Waals surface area contributed by atoms with Crippen LogP contribution in [0.25, 0.3) is 0 Å². The van der Waals surface area contributed by atoms with Crippen molar-refractivity contribution in [2.24, 2.45) is 12.5 Å². The Morgan fingerprint density at radius 3 is 2.47 bits per heavy atom. The summed E-state index contributed by atoms with van der Waals surface area (Å²) in [6.07, 6.45) is 5.38. The van der Waals surface area contributed by atoms with Gasteiger partial charge in [-0.3, -0.25) is 14.4 Å². The van der Waals surface area contributed by atoms with Crippen molar-refractivity contribution in [3.63, 3.8) is 0 Å². The Bertz CT molecular complexity index is 1110.